The molecular formula is C11H15N3O3. The van der Waals surface area contributed by atoms with Crippen molar-refractivity contribution < 1.29 is 14.7 Å². The number of carboxylic acid groups (broad SMARTS) is 1. The molecule has 92 valence electrons. The number of carboxylic acids is 1. The van der Waals surface area contributed by atoms with Crippen LogP contribution in [0.15, 0.2) is 6.07 Å². The highest BCUT2D eigenvalue weighted by atomic mass is 16.4. The summed E-state index contributed by atoms with van der Waals surface area (Å²) in [5.41, 5.74) is 0.873. The van der Waals surface area contributed by atoms with Gasteiger partial charge in [-0.15, -0.1) is 0 Å². The minimum atomic E-state index is -0.834. The fourth-order valence-electron chi connectivity index (χ4n) is 2.01. The molecule has 1 aliphatic rings. The van der Waals surface area contributed by atoms with Gasteiger partial charge in [0.2, 0.25) is 5.91 Å². The van der Waals surface area contributed by atoms with Crippen LogP contribution in [0.4, 0.5) is 5.82 Å². The van der Waals surface area contributed by atoms with E-state index in [1.54, 1.807) is 9.58 Å². The maximum Gasteiger partial charge on any atom is 0.303 e. The number of aryl methyl sites for hydroxylation is 2. The zero-order valence-corrected chi connectivity index (χ0v) is 9.72. The molecule has 1 aromatic rings. The van der Waals surface area contributed by atoms with Gasteiger partial charge in [-0.1, -0.05) is 0 Å². The third kappa shape index (κ3) is 2.46. The van der Waals surface area contributed by atoms with Crippen LogP contribution >= 0.6 is 0 Å². The van der Waals surface area contributed by atoms with E-state index in [1.807, 2.05) is 13.0 Å². The number of aromatic nitrogens is 2. The summed E-state index contributed by atoms with van der Waals surface area (Å²) in [6.07, 6.45) is 0.976. The van der Waals surface area contributed by atoms with Crippen molar-refractivity contribution in [2.24, 2.45) is 0 Å². The number of amides is 1. The first-order valence-corrected chi connectivity index (χ1v) is 5.64. The third-order valence-electron chi connectivity index (χ3n) is 2.77. The summed E-state index contributed by atoms with van der Waals surface area (Å²) in [7, 11) is 0. The Bertz CT molecular complexity index is 453. The number of carbonyl (C=O) groups excluding carboxylic acids is 1. The lowest BCUT2D eigenvalue weighted by Gasteiger charge is -2.27. The predicted octanol–water partition coefficient (Wildman–Crippen LogP) is 0.793. The summed E-state index contributed by atoms with van der Waals surface area (Å²) in [6.45, 7) is 2.93. The van der Waals surface area contributed by atoms with Crippen molar-refractivity contribution in [2.45, 2.75) is 32.7 Å². The smallest absolute Gasteiger partial charge is 0.303 e. The summed E-state index contributed by atoms with van der Waals surface area (Å²) in [6, 6.07) is 1.86. The van der Waals surface area contributed by atoms with Crippen LogP contribution in [0.25, 0.3) is 0 Å². The van der Waals surface area contributed by atoms with Crippen LogP contribution in [0, 0.1) is 6.92 Å². The van der Waals surface area contributed by atoms with E-state index in [0.717, 1.165) is 11.5 Å². The second-order valence-electron chi connectivity index (χ2n) is 4.16. The minimum Gasteiger partial charge on any atom is -0.481 e. The highest BCUT2D eigenvalue weighted by Gasteiger charge is 2.25. The molecule has 6 nitrogen and oxygen atoms in total. The highest BCUT2D eigenvalue weighted by molar-refractivity contribution is 5.93. The number of hydrogen-bond acceptors (Lipinski definition) is 3. The van der Waals surface area contributed by atoms with Crippen LogP contribution < -0.4 is 4.90 Å². The van der Waals surface area contributed by atoms with Crippen LogP contribution in [0.2, 0.25) is 0 Å². The molecule has 17 heavy (non-hydrogen) atoms. The molecule has 1 aliphatic heterocycles. The van der Waals surface area contributed by atoms with E-state index in [-0.39, 0.29) is 12.3 Å². The van der Waals surface area contributed by atoms with E-state index in [1.165, 1.54) is 0 Å². The number of nitrogens with zero attached hydrogens (tertiary/aromatic N) is 3. The molecule has 1 N–H and O–H groups in total. The molecule has 0 saturated heterocycles. The maximum atomic E-state index is 11.8. The van der Waals surface area contributed by atoms with Gasteiger partial charge in [-0.25, -0.2) is 4.68 Å². The SMILES string of the molecule is Cc1cc2n(n1)CCC(=O)N2CCCC(=O)O. The van der Waals surface area contributed by atoms with Gasteiger partial charge in [0.25, 0.3) is 0 Å². The summed E-state index contributed by atoms with van der Waals surface area (Å²) in [5, 5.41) is 12.9. The molecule has 0 aliphatic carbocycles. The zero-order chi connectivity index (χ0) is 12.4. The predicted molar refractivity (Wildman–Crippen MR) is 60.8 cm³/mol. The lowest BCUT2D eigenvalue weighted by Crippen LogP contribution is -2.38. The van der Waals surface area contributed by atoms with Gasteiger partial charge < -0.3 is 5.11 Å². The van der Waals surface area contributed by atoms with Gasteiger partial charge in [-0.05, 0) is 13.3 Å². The quantitative estimate of drug-likeness (QED) is 0.840. The van der Waals surface area contributed by atoms with Gasteiger partial charge in [0.15, 0.2) is 0 Å². The molecular weight excluding hydrogens is 222 g/mol. The van der Waals surface area contributed by atoms with Crippen molar-refractivity contribution in [3.63, 3.8) is 0 Å². The van der Waals surface area contributed by atoms with Crippen molar-refractivity contribution in [1.82, 2.24) is 9.78 Å². The summed E-state index contributed by atoms with van der Waals surface area (Å²) in [5.74, 6) is -0.00826. The van der Waals surface area contributed by atoms with Gasteiger partial charge >= 0.3 is 5.97 Å². The van der Waals surface area contributed by atoms with E-state index >= 15 is 0 Å². The normalized spacial score (nSPS) is 14.9. The van der Waals surface area contributed by atoms with Gasteiger partial charge in [0.05, 0.1) is 12.2 Å². The maximum absolute atomic E-state index is 11.8. The van der Waals surface area contributed by atoms with Crippen LogP contribution in [0.1, 0.15) is 25.0 Å². The summed E-state index contributed by atoms with van der Waals surface area (Å²) < 4.78 is 1.80. The average Bonchev–Trinajstić information content (AvgIpc) is 2.62. The minimum absolute atomic E-state index is 0.0442. The Kier molecular flexibility index (Phi) is 3.12. The topological polar surface area (TPSA) is 75.4 Å². The highest BCUT2D eigenvalue weighted by Crippen LogP contribution is 2.22. The van der Waals surface area contributed by atoms with Gasteiger partial charge in [-0.3, -0.25) is 14.5 Å². The molecule has 0 fully saturated rings. The Morgan fingerprint density at radius 2 is 2.35 bits per heavy atom. The summed E-state index contributed by atoms with van der Waals surface area (Å²) in [4.78, 5) is 23.9. The number of hydrogen-bond donors (Lipinski definition) is 1. The Morgan fingerprint density at radius 3 is 3.06 bits per heavy atom. The Morgan fingerprint density at radius 1 is 1.59 bits per heavy atom. The van der Waals surface area contributed by atoms with Gasteiger partial charge in [-0.2, -0.15) is 5.10 Å². The number of fused-ring (bicyclic) bond motifs is 1. The number of aliphatic carboxylic acids is 1. The van der Waals surface area contributed by atoms with E-state index < -0.39 is 5.97 Å². The average molecular weight is 237 g/mol. The first kappa shape index (κ1) is 11.6. The third-order valence-corrected chi connectivity index (χ3v) is 2.77. The molecule has 1 aromatic heterocycles. The second kappa shape index (κ2) is 4.57. The molecule has 6 heteroatoms. The Balaban J connectivity index is 2.09. The molecule has 0 radical (unpaired) electrons. The van der Waals surface area contributed by atoms with Gasteiger partial charge in [0.1, 0.15) is 5.82 Å². The van der Waals surface area contributed by atoms with Crippen LogP contribution in [-0.4, -0.2) is 33.3 Å². The molecule has 2 heterocycles. The Labute approximate surface area is 98.8 Å². The molecule has 0 spiro atoms. The largest absolute Gasteiger partial charge is 0.481 e. The van der Waals surface area contributed by atoms with Gasteiger partial charge in [0, 0.05) is 25.5 Å². The molecule has 0 saturated carbocycles. The van der Waals surface area contributed by atoms with Crippen molar-refractivity contribution in [3.8, 4) is 0 Å². The monoisotopic (exact) mass is 237 g/mol. The van der Waals surface area contributed by atoms with Crippen LogP contribution in [-0.2, 0) is 16.1 Å². The molecule has 0 atom stereocenters. The lowest BCUT2D eigenvalue weighted by molar-refractivity contribution is -0.137. The van der Waals surface area contributed by atoms with E-state index in [2.05, 4.69) is 5.10 Å². The van der Waals surface area contributed by atoms with Crippen molar-refractivity contribution in [3.05, 3.63) is 11.8 Å². The fraction of sp³-hybridized carbons (Fsp3) is 0.545. The molecule has 0 unspecified atom stereocenters. The zero-order valence-electron chi connectivity index (χ0n) is 9.72. The van der Waals surface area contributed by atoms with E-state index in [9.17, 15) is 9.59 Å². The molecule has 0 aromatic carbocycles. The summed E-state index contributed by atoms with van der Waals surface area (Å²) >= 11 is 0. The van der Waals surface area contributed by atoms with E-state index in [4.69, 9.17) is 5.11 Å². The van der Waals surface area contributed by atoms with Crippen LogP contribution in [0.5, 0.6) is 0 Å². The first-order valence-electron chi connectivity index (χ1n) is 5.64. The molecule has 0 bridgehead atoms. The van der Waals surface area contributed by atoms with Crippen molar-refractivity contribution >= 4 is 17.7 Å². The Hall–Kier alpha value is -1.85. The van der Waals surface area contributed by atoms with E-state index in [0.29, 0.717) is 25.9 Å². The fourth-order valence-corrected chi connectivity index (χ4v) is 2.01. The van der Waals surface area contributed by atoms with Crippen molar-refractivity contribution in [1.29, 1.82) is 0 Å². The molecule has 1 amide bonds. The lowest BCUT2D eigenvalue weighted by atomic mass is 10.2. The number of rotatable bonds is 4. The van der Waals surface area contributed by atoms with Crippen LogP contribution in [0.3, 0.4) is 0 Å². The standard InChI is InChI=1S/C11H15N3O3/c1-8-7-9-13(5-2-3-11(16)17)10(15)4-6-14(9)12-8/h7H,2-6H2,1H3,(H,16,17). The molecule has 2 rings (SSSR count). The number of anilines is 1. The number of carbonyl (C=O) groups is 2. The van der Waals surface area contributed by atoms with Crippen molar-refractivity contribution in [2.75, 3.05) is 11.4 Å². The first-order chi connectivity index (χ1) is 8.08. The second-order valence-corrected chi connectivity index (χ2v) is 4.16.